The van der Waals surface area contributed by atoms with Crippen molar-refractivity contribution in [2.75, 3.05) is 19.7 Å². The van der Waals surface area contributed by atoms with Gasteiger partial charge < -0.3 is 30.3 Å². The first-order valence-corrected chi connectivity index (χ1v) is 9.50. The fourth-order valence-corrected chi connectivity index (χ4v) is 2.74. The highest BCUT2D eigenvalue weighted by molar-refractivity contribution is 5.97. The van der Waals surface area contributed by atoms with Gasteiger partial charge in [0.15, 0.2) is 6.10 Å². The summed E-state index contributed by atoms with van der Waals surface area (Å²) in [5.41, 5.74) is 6.30. The molecule has 1 heterocycles. The average molecular weight is 407 g/mol. The van der Waals surface area contributed by atoms with Crippen molar-refractivity contribution in [2.24, 2.45) is 10.7 Å². The molecule has 1 amide bonds. The number of amidine groups is 1. The van der Waals surface area contributed by atoms with E-state index in [9.17, 15) is 14.7 Å². The second-order valence-electron chi connectivity index (χ2n) is 7.90. The van der Waals surface area contributed by atoms with E-state index in [-0.39, 0.29) is 18.7 Å². The molecule has 1 saturated heterocycles. The van der Waals surface area contributed by atoms with Crippen molar-refractivity contribution in [3.8, 4) is 5.75 Å². The van der Waals surface area contributed by atoms with Crippen molar-refractivity contribution >= 4 is 17.9 Å². The predicted molar refractivity (Wildman–Crippen MR) is 107 cm³/mol. The van der Waals surface area contributed by atoms with Crippen LogP contribution in [0, 0.1) is 0 Å². The SMILES string of the molecule is CC(C)(C)OC(=O)N1CCC(N=C(N)c2ccc(OCC(O)C(=O)O)cc2)CC1. The number of likely N-dealkylation sites (tertiary alicyclic amines) is 1. The first kappa shape index (κ1) is 22.5. The molecular formula is C20H29N3O6. The van der Waals surface area contributed by atoms with Crippen LogP contribution < -0.4 is 10.5 Å². The molecule has 0 aliphatic carbocycles. The first-order valence-electron chi connectivity index (χ1n) is 9.50. The largest absolute Gasteiger partial charge is 0.490 e. The molecule has 0 radical (unpaired) electrons. The molecule has 29 heavy (non-hydrogen) atoms. The van der Waals surface area contributed by atoms with E-state index in [1.165, 1.54) is 0 Å². The second-order valence-corrected chi connectivity index (χ2v) is 7.90. The molecule has 0 aromatic heterocycles. The number of aliphatic carboxylic acids is 1. The van der Waals surface area contributed by atoms with E-state index < -0.39 is 17.7 Å². The third-order valence-electron chi connectivity index (χ3n) is 4.28. The van der Waals surface area contributed by atoms with Gasteiger partial charge in [-0.05, 0) is 57.9 Å². The minimum absolute atomic E-state index is 0.0235. The third kappa shape index (κ3) is 7.26. The molecule has 4 N–H and O–H groups in total. The Morgan fingerprint density at radius 1 is 1.24 bits per heavy atom. The van der Waals surface area contributed by atoms with Gasteiger partial charge >= 0.3 is 12.1 Å². The molecular weight excluding hydrogens is 378 g/mol. The van der Waals surface area contributed by atoms with E-state index in [2.05, 4.69) is 4.99 Å². The Balaban J connectivity index is 1.87. The van der Waals surface area contributed by atoms with E-state index >= 15 is 0 Å². The number of hydrogen-bond donors (Lipinski definition) is 3. The number of ether oxygens (including phenoxy) is 2. The van der Waals surface area contributed by atoms with Gasteiger partial charge in [0.1, 0.15) is 23.8 Å². The van der Waals surface area contributed by atoms with Gasteiger partial charge in [-0.2, -0.15) is 0 Å². The number of amides is 1. The maximum atomic E-state index is 12.1. The number of carbonyl (C=O) groups is 2. The summed E-state index contributed by atoms with van der Waals surface area (Å²) >= 11 is 0. The van der Waals surface area contributed by atoms with E-state index in [1.807, 2.05) is 20.8 Å². The minimum atomic E-state index is -1.58. The Hall–Kier alpha value is -2.81. The zero-order valence-electron chi connectivity index (χ0n) is 17.0. The fraction of sp³-hybridized carbons (Fsp3) is 0.550. The van der Waals surface area contributed by atoms with E-state index in [0.717, 1.165) is 0 Å². The van der Waals surface area contributed by atoms with Gasteiger partial charge in [0.2, 0.25) is 0 Å². The number of hydrogen-bond acceptors (Lipinski definition) is 6. The third-order valence-corrected chi connectivity index (χ3v) is 4.28. The summed E-state index contributed by atoms with van der Waals surface area (Å²) in [6, 6.07) is 6.73. The summed E-state index contributed by atoms with van der Waals surface area (Å²) in [5, 5.41) is 17.9. The Morgan fingerprint density at radius 2 is 1.83 bits per heavy atom. The Morgan fingerprint density at radius 3 is 2.34 bits per heavy atom. The summed E-state index contributed by atoms with van der Waals surface area (Å²) in [6.45, 7) is 6.31. The number of piperidine rings is 1. The average Bonchev–Trinajstić information content (AvgIpc) is 2.65. The molecule has 1 aromatic rings. The van der Waals surface area contributed by atoms with Crippen LogP contribution >= 0.6 is 0 Å². The van der Waals surface area contributed by atoms with Gasteiger partial charge in [0.25, 0.3) is 0 Å². The first-order chi connectivity index (χ1) is 13.5. The number of aliphatic hydroxyl groups excluding tert-OH is 1. The minimum Gasteiger partial charge on any atom is -0.490 e. The zero-order valence-corrected chi connectivity index (χ0v) is 17.0. The monoisotopic (exact) mass is 407 g/mol. The van der Waals surface area contributed by atoms with Gasteiger partial charge in [0, 0.05) is 18.7 Å². The van der Waals surface area contributed by atoms with Crippen LogP contribution in [-0.4, -0.2) is 70.5 Å². The molecule has 1 aliphatic rings. The molecule has 160 valence electrons. The number of nitrogens with two attached hydrogens (primary N) is 1. The van der Waals surface area contributed by atoms with Crippen LogP contribution in [-0.2, 0) is 9.53 Å². The van der Waals surface area contributed by atoms with Crippen LogP contribution in [0.4, 0.5) is 4.79 Å². The standard InChI is InChI=1S/C20H29N3O6/c1-20(2,3)29-19(27)23-10-8-14(9-11-23)22-17(21)13-4-6-15(7-5-13)28-12-16(24)18(25)26/h4-7,14,16,24H,8-12H2,1-3H3,(H2,21,22)(H,25,26). The lowest BCUT2D eigenvalue weighted by molar-refractivity contribution is -0.148. The number of benzene rings is 1. The van der Waals surface area contributed by atoms with Crippen molar-refractivity contribution in [1.82, 2.24) is 4.90 Å². The normalized spacial score (nSPS) is 17.0. The molecule has 0 bridgehead atoms. The van der Waals surface area contributed by atoms with Crippen molar-refractivity contribution < 1.29 is 29.3 Å². The van der Waals surface area contributed by atoms with Crippen LogP contribution in [0.15, 0.2) is 29.3 Å². The fourth-order valence-electron chi connectivity index (χ4n) is 2.74. The zero-order chi connectivity index (χ0) is 21.6. The lowest BCUT2D eigenvalue weighted by Gasteiger charge is -2.32. The second kappa shape index (κ2) is 9.60. The predicted octanol–water partition coefficient (Wildman–Crippen LogP) is 1.62. The molecule has 9 heteroatoms. The Labute approximate surface area is 170 Å². The summed E-state index contributed by atoms with van der Waals surface area (Å²) < 4.78 is 10.6. The molecule has 0 saturated carbocycles. The topological polar surface area (TPSA) is 135 Å². The molecule has 2 rings (SSSR count). The lowest BCUT2D eigenvalue weighted by atomic mass is 10.1. The Bertz CT molecular complexity index is 734. The highest BCUT2D eigenvalue weighted by Gasteiger charge is 2.26. The van der Waals surface area contributed by atoms with Gasteiger partial charge in [-0.15, -0.1) is 0 Å². The van der Waals surface area contributed by atoms with Gasteiger partial charge in [-0.1, -0.05) is 0 Å². The van der Waals surface area contributed by atoms with Crippen molar-refractivity contribution in [3.63, 3.8) is 0 Å². The van der Waals surface area contributed by atoms with Crippen molar-refractivity contribution in [1.29, 1.82) is 0 Å². The van der Waals surface area contributed by atoms with E-state index in [4.69, 9.17) is 20.3 Å². The summed E-state index contributed by atoms with van der Waals surface area (Å²) in [6.07, 6.45) is -0.480. The van der Waals surface area contributed by atoms with Crippen LogP contribution in [0.5, 0.6) is 5.75 Å². The summed E-state index contributed by atoms with van der Waals surface area (Å²) in [4.78, 5) is 28.9. The number of carboxylic acids is 1. The smallest absolute Gasteiger partial charge is 0.410 e. The number of carbonyl (C=O) groups excluding carboxylic acids is 1. The summed E-state index contributed by atoms with van der Waals surface area (Å²) in [7, 11) is 0. The molecule has 1 unspecified atom stereocenters. The van der Waals surface area contributed by atoms with Crippen LogP contribution in [0.2, 0.25) is 0 Å². The van der Waals surface area contributed by atoms with Crippen LogP contribution in [0.25, 0.3) is 0 Å². The quantitative estimate of drug-likeness (QED) is 0.482. The molecule has 0 spiro atoms. The maximum Gasteiger partial charge on any atom is 0.410 e. The number of aliphatic hydroxyl groups is 1. The van der Waals surface area contributed by atoms with Crippen molar-refractivity contribution in [3.05, 3.63) is 29.8 Å². The number of aliphatic imine (C=N–C) groups is 1. The van der Waals surface area contributed by atoms with Gasteiger partial charge in [-0.3, -0.25) is 4.99 Å². The highest BCUT2D eigenvalue weighted by Crippen LogP contribution is 2.18. The van der Waals surface area contributed by atoms with E-state index in [1.54, 1.807) is 29.2 Å². The van der Waals surface area contributed by atoms with Gasteiger partial charge in [0.05, 0.1) is 6.04 Å². The number of carboxylic acid groups (broad SMARTS) is 1. The molecule has 1 fully saturated rings. The van der Waals surface area contributed by atoms with Crippen LogP contribution in [0.1, 0.15) is 39.2 Å². The lowest BCUT2D eigenvalue weighted by Crippen LogP contribution is -2.42. The van der Waals surface area contributed by atoms with Crippen molar-refractivity contribution in [2.45, 2.75) is 51.4 Å². The maximum absolute atomic E-state index is 12.1. The molecule has 1 aromatic carbocycles. The van der Waals surface area contributed by atoms with E-state index in [0.29, 0.717) is 43.1 Å². The number of rotatable bonds is 6. The molecule has 1 atom stereocenters. The van der Waals surface area contributed by atoms with Gasteiger partial charge in [-0.25, -0.2) is 9.59 Å². The summed E-state index contributed by atoms with van der Waals surface area (Å²) in [5.74, 6) is -0.527. The number of nitrogens with zero attached hydrogens (tertiary/aromatic N) is 2. The van der Waals surface area contributed by atoms with Crippen LogP contribution in [0.3, 0.4) is 0 Å². The highest BCUT2D eigenvalue weighted by atomic mass is 16.6. The Kier molecular flexibility index (Phi) is 7.44. The molecule has 9 nitrogen and oxygen atoms in total. The molecule has 1 aliphatic heterocycles.